The van der Waals surface area contributed by atoms with Gasteiger partial charge in [-0.25, -0.2) is 4.79 Å². The quantitative estimate of drug-likeness (QED) is 0.812. The first kappa shape index (κ1) is 14.3. The maximum absolute atomic E-state index is 12.5. The molecule has 2 rings (SSSR count). The van der Waals surface area contributed by atoms with Crippen LogP contribution < -0.4 is 0 Å². The fraction of sp³-hybridized carbons (Fsp3) is 0.429. The molecule has 1 aromatic rings. The number of likely N-dealkylation sites (tertiary alicyclic amines) is 1. The van der Waals surface area contributed by atoms with Gasteiger partial charge in [-0.1, -0.05) is 13.0 Å². The molecule has 1 aliphatic rings. The third kappa shape index (κ3) is 3.08. The molecule has 1 unspecified atom stereocenters. The molecule has 0 aromatic heterocycles. The van der Waals surface area contributed by atoms with Crippen molar-refractivity contribution in [2.24, 2.45) is 5.92 Å². The molecule has 1 heterocycles. The van der Waals surface area contributed by atoms with E-state index in [-0.39, 0.29) is 11.5 Å². The number of aromatic carboxylic acids is 1. The average molecular weight is 373 g/mol. The van der Waals surface area contributed by atoms with E-state index < -0.39 is 5.97 Å². The number of nitrogens with zero attached hydrogens (tertiary/aromatic N) is 1. The molecule has 0 saturated carbocycles. The average Bonchev–Trinajstić information content (AvgIpc) is 2.38. The Hall–Kier alpha value is -1.11. The minimum Gasteiger partial charge on any atom is -0.478 e. The standard InChI is InChI=1S/C14H16INO3/c1-9-4-3-7-16(8-9)13(17)10-5-2-6-11(12(10)15)14(18)19/h2,5-6,9H,3-4,7-8H2,1H3,(H,18,19). The number of carboxylic acid groups (broad SMARTS) is 1. The molecule has 0 aliphatic carbocycles. The van der Waals surface area contributed by atoms with E-state index in [0.717, 1.165) is 25.9 Å². The van der Waals surface area contributed by atoms with Crippen molar-refractivity contribution in [3.05, 3.63) is 32.9 Å². The van der Waals surface area contributed by atoms with Gasteiger partial charge < -0.3 is 10.0 Å². The Morgan fingerprint density at radius 2 is 2.05 bits per heavy atom. The fourth-order valence-corrected chi connectivity index (χ4v) is 3.23. The highest BCUT2D eigenvalue weighted by molar-refractivity contribution is 14.1. The van der Waals surface area contributed by atoms with Crippen LogP contribution in [0.5, 0.6) is 0 Å². The lowest BCUT2D eigenvalue weighted by molar-refractivity contribution is 0.0681. The van der Waals surface area contributed by atoms with Gasteiger partial charge in [0.15, 0.2) is 0 Å². The van der Waals surface area contributed by atoms with Crippen LogP contribution in [0.25, 0.3) is 0 Å². The molecule has 1 saturated heterocycles. The normalized spacial score (nSPS) is 19.3. The van der Waals surface area contributed by atoms with E-state index in [2.05, 4.69) is 6.92 Å². The van der Waals surface area contributed by atoms with Gasteiger partial charge in [0.25, 0.3) is 5.91 Å². The number of amides is 1. The van der Waals surface area contributed by atoms with Crippen LogP contribution in [0.4, 0.5) is 0 Å². The number of rotatable bonds is 2. The van der Waals surface area contributed by atoms with Crippen molar-refractivity contribution >= 4 is 34.5 Å². The van der Waals surface area contributed by atoms with E-state index >= 15 is 0 Å². The molecule has 1 amide bonds. The molecule has 1 fully saturated rings. The molecule has 19 heavy (non-hydrogen) atoms. The molecule has 0 bridgehead atoms. The number of hydrogen-bond donors (Lipinski definition) is 1. The first-order valence-electron chi connectivity index (χ1n) is 6.31. The number of piperidine rings is 1. The molecule has 1 aromatic carbocycles. The van der Waals surface area contributed by atoms with E-state index in [0.29, 0.717) is 15.1 Å². The van der Waals surface area contributed by atoms with Crippen LogP contribution in [0.3, 0.4) is 0 Å². The van der Waals surface area contributed by atoms with Crippen LogP contribution in [0, 0.1) is 9.49 Å². The molecule has 1 N–H and O–H groups in total. The zero-order chi connectivity index (χ0) is 14.0. The van der Waals surface area contributed by atoms with Gasteiger partial charge in [0.05, 0.1) is 11.1 Å². The third-order valence-corrected chi connectivity index (χ3v) is 4.57. The van der Waals surface area contributed by atoms with E-state index in [4.69, 9.17) is 5.11 Å². The highest BCUT2D eigenvalue weighted by Gasteiger charge is 2.24. The summed E-state index contributed by atoms with van der Waals surface area (Å²) in [6.45, 7) is 3.65. The lowest BCUT2D eigenvalue weighted by Crippen LogP contribution is -2.39. The van der Waals surface area contributed by atoms with Crippen LogP contribution in [0.2, 0.25) is 0 Å². The summed E-state index contributed by atoms with van der Waals surface area (Å²) in [4.78, 5) is 25.4. The molecular formula is C14H16INO3. The highest BCUT2D eigenvalue weighted by atomic mass is 127. The molecule has 4 nitrogen and oxygen atoms in total. The van der Waals surface area contributed by atoms with Crippen molar-refractivity contribution in [3.63, 3.8) is 0 Å². The van der Waals surface area contributed by atoms with Crippen LogP contribution in [0.15, 0.2) is 18.2 Å². The van der Waals surface area contributed by atoms with Crippen LogP contribution in [-0.4, -0.2) is 35.0 Å². The Bertz CT molecular complexity index is 515. The first-order chi connectivity index (χ1) is 9.00. The van der Waals surface area contributed by atoms with Gasteiger partial charge in [-0.2, -0.15) is 0 Å². The number of benzene rings is 1. The van der Waals surface area contributed by atoms with Crippen molar-refractivity contribution in [1.29, 1.82) is 0 Å². The molecule has 0 radical (unpaired) electrons. The number of carboxylic acids is 1. The summed E-state index contributed by atoms with van der Waals surface area (Å²) in [5.74, 6) is -0.539. The summed E-state index contributed by atoms with van der Waals surface area (Å²) >= 11 is 1.94. The zero-order valence-electron chi connectivity index (χ0n) is 10.7. The second-order valence-corrected chi connectivity index (χ2v) is 6.05. The number of carbonyl (C=O) groups excluding carboxylic acids is 1. The second kappa shape index (κ2) is 5.90. The summed E-state index contributed by atoms with van der Waals surface area (Å²) in [5.41, 5.74) is 0.686. The van der Waals surface area contributed by atoms with Crippen molar-refractivity contribution in [2.45, 2.75) is 19.8 Å². The summed E-state index contributed by atoms with van der Waals surface area (Å²) in [6.07, 6.45) is 2.16. The van der Waals surface area contributed by atoms with E-state index in [9.17, 15) is 9.59 Å². The van der Waals surface area contributed by atoms with Gasteiger partial charge in [0, 0.05) is 16.7 Å². The Morgan fingerprint density at radius 3 is 2.68 bits per heavy atom. The van der Waals surface area contributed by atoms with E-state index in [1.165, 1.54) is 6.07 Å². The topological polar surface area (TPSA) is 57.6 Å². The van der Waals surface area contributed by atoms with Crippen molar-refractivity contribution in [1.82, 2.24) is 4.90 Å². The fourth-order valence-electron chi connectivity index (χ4n) is 2.41. The molecule has 1 aliphatic heterocycles. The van der Waals surface area contributed by atoms with Crippen LogP contribution >= 0.6 is 22.6 Å². The van der Waals surface area contributed by atoms with E-state index in [1.807, 2.05) is 27.5 Å². The van der Waals surface area contributed by atoms with Crippen molar-refractivity contribution in [3.8, 4) is 0 Å². The number of hydrogen-bond acceptors (Lipinski definition) is 2. The summed E-state index contributed by atoms with van der Waals surface area (Å²) < 4.78 is 0.524. The largest absolute Gasteiger partial charge is 0.478 e. The maximum Gasteiger partial charge on any atom is 0.336 e. The molecule has 5 heteroatoms. The minimum absolute atomic E-state index is 0.0564. The Kier molecular flexibility index (Phi) is 4.44. The second-order valence-electron chi connectivity index (χ2n) is 4.97. The van der Waals surface area contributed by atoms with Crippen LogP contribution in [0.1, 0.15) is 40.5 Å². The van der Waals surface area contributed by atoms with Gasteiger partial charge in [-0.3, -0.25) is 4.79 Å². The molecular weight excluding hydrogens is 357 g/mol. The van der Waals surface area contributed by atoms with Crippen molar-refractivity contribution in [2.75, 3.05) is 13.1 Å². The molecule has 102 valence electrons. The smallest absolute Gasteiger partial charge is 0.336 e. The predicted octanol–water partition coefficient (Wildman–Crippen LogP) is 2.86. The molecule has 1 atom stereocenters. The lowest BCUT2D eigenvalue weighted by atomic mass is 9.99. The van der Waals surface area contributed by atoms with Gasteiger partial charge in [-0.15, -0.1) is 0 Å². The molecule has 0 spiro atoms. The zero-order valence-corrected chi connectivity index (χ0v) is 12.9. The highest BCUT2D eigenvalue weighted by Crippen LogP contribution is 2.22. The number of halogens is 1. The van der Waals surface area contributed by atoms with Crippen molar-refractivity contribution < 1.29 is 14.7 Å². The number of carbonyl (C=O) groups is 2. The lowest BCUT2D eigenvalue weighted by Gasteiger charge is -2.31. The SMILES string of the molecule is CC1CCCN(C(=O)c2cccc(C(=O)O)c2I)C1. The Labute approximate surface area is 125 Å². The van der Waals surface area contributed by atoms with Gasteiger partial charge in [0.2, 0.25) is 0 Å². The summed E-state index contributed by atoms with van der Waals surface area (Å²) in [5, 5.41) is 9.09. The van der Waals surface area contributed by atoms with Gasteiger partial charge in [0.1, 0.15) is 0 Å². The van der Waals surface area contributed by atoms with Crippen LogP contribution in [-0.2, 0) is 0 Å². The predicted molar refractivity (Wildman–Crippen MR) is 80.4 cm³/mol. The Balaban J connectivity index is 2.28. The maximum atomic E-state index is 12.5. The summed E-state index contributed by atoms with van der Waals surface area (Å²) in [6, 6.07) is 4.86. The minimum atomic E-state index is -0.994. The third-order valence-electron chi connectivity index (χ3n) is 3.40. The Morgan fingerprint density at radius 1 is 1.37 bits per heavy atom. The monoisotopic (exact) mass is 373 g/mol. The van der Waals surface area contributed by atoms with Gasteiger partial charge >= 0.3 is 5.97 Å². The van der Waals surface area contributed by atoms with E-state index in [1.54, 1.807) is 12.1 Å². The summed E-state index contributed by atoms with van der Waals surface area (Å²) in [7, 11) is 0. The van der Waals surface area contributed by atoms with Gasteiger partial charge in [-0.05, 0) is 53.5 Å². The first-order valence-corrected chi connectivity index (χ1v) is 7.39.